The number of rotatable bonds is 3. The molecule has 1 heterocycles. The zero-order chi connectivity index (χ0) is 10.7. The fourth-order valence-electron chi connectivity index (χ4n) is 1.70. The molecular formula is C13H21N. The molecule has 0 radical (unpaired) electrons. The lowest BCUT2D eigenvalue weighted by molar-refractivity contribution is 0.520. The van der Waals surface area contributed by atoms with Crippen molar-refractivity contribution >= 4 is 12.7 Å². The van der Waals surface area contributed by atoms with Crippen molar-refractivity contribution in [1.29, 1.82) is 0 Å². The lowest BCUT2D eigenvalue weighted by Gasteiger charge is -2.11. The zero-order valence-corrected chi connectivity index (χ0v) is 9.80. The maximum atomic E-state index is 4.12. The van der Waals surface area contributed by atoms with E-state index in [9.17, 15) is 0 Å². The molecule has 1 nitrogen and oxygen atoms in total. The van der Waals surface area contributed by atoms with Crippen LogP contribution in [0.3, 0.4) is 0 Å². The Bertz CT molecular complexity index is 398. The minimum absolute atomic E-state index is 0.571. The second kappa shape index (κ2) is 4.50. The number of aryl methyl sites for hydroxylation is 1. The molecule has 0 saturated heterocycles. The third kappa shape index (κ3) is 1.92. The third-order valence-corrected chi connectivity index (χ3v) is 2.86. The van der Waals surface area contributed by atoms with Crippen LogP contribution in [0.2, 0.25) is 0 Å². The van der Waals surface area contributed by atoms with Crippen LogP contribution in [0.25, 0.3) is 12.7 Å². The first kappa shape index (κ1) is 11.1. The Morgan fingerprint density at radius 3 is 2.64 bits per heavy atom. The summed E-state index contributed by atoms with van der Waals surface area (Å²) in [6.45, 7) is 12.9. The zero-order valence-electron chi connectivity index (χ0n) is 9.80. The van der Waals surface area contributed by atoms with Gasteiger partial charge in [0, 0.05) is 17.6 Å². The molecule has 0 fully saturated rings. The van der Waals surface area contributed by atoms with E-state index in [0.717, 1.165) is 12.8 Å². The topological polar surface area (TPSA) is 4.93 Å². The van der Waals surface area contributed by atoms with Gasteiger partial charge < -0.3 is 4.57 Å². The maximum Gasteiger partial charge on any atom is 0.0438 e. The summed E-state index contributed by atoms with van der Waals surface area (Å²) in [6.07, 6.45) is 6.72. The highest BCUT2D eigenvalue weighted by Gasteiger charge is 2.04. The van der Waals surface area contributed by atoms with Gasteiger partial charge in [-0.15, -0.1) is 0 Å². The van der Waals surface area contributed by atoms with Crippen LogP contribution in [0.4, 0.5) is 0 Å². The normalized spacial score (nSPS) is 14.7. The van der Waals surface area contributed by atoms with Crippen molar-refractivity contribution in [1.82, 2.24) is 4.57 Å². The monoisotopic (exact) mass is 191 g/mol. The molecule has 0 unspecified atom stereocenters. The number of aromatic nitrogens is 1. The van der Waals surface area contributed by atoms with Crippen LogP contribution < -0.4 is 10.6 Å². The van der Waals surface area contributed by atoms with Crippen molar-refractivity contribution in [2.75, 3.05) is 0 Å². The summed E-state index contributed by atoms with van der Waals surface area (Å²) < 4.78 is 2.35. The molecule has 1 aromatic heterocycles. The highest BCUT2D eigenvalue weighted by atomic mass is 15.0. The van der Waals surface area contributed by atoms with Gasteiger partial charge in [-0.2, -0.15) is 0 Å². The molecule has 1 aromatic rings. The van der Waals surface area contributed by atoms with Gasteiger partial charge in [0.2, 0.25) is 0 Å². The molecule has 1 rings (SSSR count). The number of nitrogens with zero attached hydrogens (tertiary/aromatic N) is 1. The van der Waals surface area contributed by atoms with Crippen LogP contribution >= 0.6 is 0 Å². The van der Waals surface area contributed by atoms with Gasteiger partial charge in [0.05, 0.1) is 0 Å². The highest BCUT2D eigenvalue weighted by molar-refractivity contribution is 5.27. The molecular weight excluding hydrogens is 170 g/mol. The minimum Gasteiger partial charge on any atom is -0.345 e. The highest BCUT2D eigenvalue weighted by Crippen LogP contribution is 2.06. The summed E-state index contributed by atoms with van der Waals surface area (Å²) in [4.78, 5) is 0. The van der Waals surface area contributed by atoms with E-state index in [1.807, 2.05) is 0 Å². The Balaban J connectivity index is 3.37. The quantitative estimate of drug-likeness (QED) is 0.691. The van der Waals surface area contributed by atoms with Gasteiger partial charge in [0.1, 0.15) is 0 Å². The van der Waals surface area contributed by atoms with Crippen LogP contribution in [-0.4, -0.2) is 4.57 Å². The van der Waals surface area contributed by atoms with Crippen molar-refractivity contribution < 1.29 is 0 Å². The third-order valence-electron chi connectivity index (χ3n) is 2.86. The van der Waals surface area contributed by atoms with Crippen LogP contribution in [0, 0.1) is 6.92 Å². The van der Waals surface area contributed by atoms with Gasteiger partial charge >= 0.3 is 0 Å². The molecule has 0 bridgehead atoms. The molecule has 0 aliphatic heterocycles. The van der Waals surface area contributed by atoms with Crippen LogP contribution in [0.15, 0.2) is 6.20 Å². The second-order valence-electron chi connectivity index (χ2n) is 3.95. The van der Waals surface area contributed by atoms with Gasteiger partial charge in [-0.25, -0.2) is 0 Å². The molecule has 78 valence electrons. The molecule has 14 heavy (non-hydrogen) atoms. The van der Waals surface area contributed by atoms with Gasteiger partial charge in [-0.1, -0.05) is 26.5 Å². The average molecular weight is 191 g/mol. The predicted molar refractivity (Wildman–Crippen MR) is 63.7 cm³/mol. The number of hydrogen-bond acceptors (Lipinski definition) is 0. The second-order valence-corrected chi connectivity index (χ2v) is 3.95. The summed E-state index contributed by atoms with van der Waals surface area (Å²) in [7, 11) is 0. The van der Waals surface area contributed by atoms with E-state index in [0.29, 0.717) is 6.04 Å². The van der Waals surface area contributed by atoms with E-state index in [1.54, 1.807) is 0 Å². The Hall–Kier alpha value is -0.980. The smallest absolute Gasteiger partial charge is 0.0438 e. The number of hydrogen-bond donors (Lipinski definition) is 0. The lowest BCUT2D eigenvalue weighted by atomic mass is 10.2. The molecule has 1 atom stereocenters. The molecule has 0 aliphatic rings. The summed E-state index contributed by atoms with van der Waals surface area (Å²) in [5.41, 5.74) is 1.30. The average Bonchev–Trinajstić information content (AvgIpc) is 2.45. The first-order chi connectivity index (χ1) is 6.61. The van der Waals surface area contributed by atoms with Crippen LogP contribution in [0.5, 0.6) is 0 Å². The molecule has 0 aliphatic carbocycles. The standard InChI is InChI=1S/C13H21N/c1-6-8-13-12(5)10(3)9-14(13)11(4)7-2/h8-9,11H,5-7H2,1-4H3/b13-8+/t11-/m0/s1. The Labute approximate surface area is 86.8 Å². The van der Waals surface area contributed by atoms with Crippen LogP contribution in [-0.2, 0) is 0 Å². The maximum absolute atomic E-state index is 4.12. The molecule has 0 amide bonds. The fraction of sp³-hybridized carbons (Fsp3) is 0.538. The molecule has 0 aromatic carbocycles. The van der Waals surface area contributed by atoms with E-state index in [-0.39, 0.29) is 0 Å². The van der Waals surface area contributed by atoms with E-state index < -0.39 is 0 Å². The largest absolute Gasteiger partial charge is 0.345 e. The Morgan fingerprint density at radius 1 is 1.50 bits per heavy atom. The summed E-state index contributed by atoms with van der Waals surface area (Å²) in [6, 6.07) is 0.571. The van der Waals surface area contributed by atoms with Crippen molar-refractivity contribution in [3.63, 3.8) is 0 Å². The van der Waals surface area contributed by atoms with Crippen LogP contribution in [0.1, 0.15) is 45.2 Å². The van der Waals surface area contributed by atoms with Crippen molar-refractivity contribution in [2.24, 2.45) is 0 Å². The fourth-order valence-corrected chi connectivity index (χ4v) is 1.70. The molecule has 0 N–H and O–H groups in total. The van der Waals surface area contributed by atoms with Gasteiger partial charge in [0.15, 0.2) is 0 Å². The van der Waals surface area contributed by atoms with E-state index in [4.69, 9.17) is 0 Å². The molecule has 0 spiro atoms. The van der Waals surface area contributed by atoms with Crippen molar-refractivity contribution in [2.45, 2.75) is 46.6 Å². The lowest BCUT2D eigenvalue weighted by Crippen LogP contribution is -2.30. The van der Waals surface area contributed by atoms with Crippen molar-refractivity contribution in [3.05, 3.63) is 22.3 Å². The van der Waals surface area contributed by atoms with Gasteiger partial charge in [0.25, 0.3) is 0 Å². The summed E-state index contributed by atoms with van der Waals surface area (Å²) in [5.74, 6) is 0. The van der Waals surface area contributed by atoms with Gasteiger partial charge in [-0.3, -0.25) is 0 Å². The van der Waals surface area contributed by atoms with E-state index in [1.165, 1.54) is 16.1 Å². The predicted octanol–water partition coefficient (Wildman–Crippen LogP) is 2.37. The minimum atomic E-state index is 0.571. The Kier molecular flexibility index (Phi) is 3.56. The first-order valence-corrected chi connectivity index (χ1v) is 5.48. The summed E-state index contributed by atoms with van der Waals surface area (Å²) in [5, 5.41) is 2.49. The van der Waals surface area contributed by atoms with Gasteiger partial charge in [-0.05, 0) is 37.5 Å². The first-order valence-electron chi connectivity index (χ1n) is 5.48. The molecule has 1 heteroatoms. The Morgan fingerprint density at radius 2 is 2.14 bits per heavy atom. The SMILES string of the molecule is C=c1c(C)cn([C@@H](C)CC)/c1=C/CC. The van der Waals surface area contributed by atoms with E-state index in [2.05, 4.69) is 51.1 Å². The summed E-state index contributed by atoms with van der Waals surface area (Å²) >= 11 is 0. The van der Waals surface area contributed by atoms with E-state index >= 15 is 0 Å². The molecule has 0 saturated carbocycles. The van der Waals surface area contributed by atoms with Crippen molar-refractivity contribution in [3.8, 4) is 0 Å².